The van der Waals surface area contributed by atoms with Crippen LogP contribution in [-0.4, -0.2) is 55.6 Å². The highest BCUT2D eigenvalue weighted by Crippen LogP contribution is 2.54. The fourth-order valence-corrected chi connectivity index (χ4v) is 6.12. The maximum atomic E-state index is 14.5. The molecule has 10 nitrogen and oxygen atoms in total. The number of likely N-dealkylation sites (N-methyl/N-ethyl adjacent to an activating group) is 1. The Labute approximate surface area is 269 Å². The zero-order valence-electron chi connectivity index (χ0n) is 26.9. The summed E-state index contributed by atoms with van der Waals surface area (Å²) in [5.74, 6) is -0.771. The van der Waals surface area contributed by atoms with E-state index in [-0.39, 0.29) is 32.5 Å². The lowest BCUT2D eigenvalue weighted by Crippen LogP contribution is -2.50. The standard InChI is InChI=1S/C36H41N3O7/c1-6-45-34(42)39-20-19-36(28(21-39)27-16-10-11-17-29(27)37-33(41)46-35(2,3)4)31-26(15-12-18-30(31)38(5)32(36)40)23-44-24-43-22-25-13-8-7-9-14-25/h7-20,28H,6,21-24H2,1-5H3,(H,37,41). The van der Waals surface area contributed by atoms with Crippen molar-refractivity contribution in [2.45, 2.75) is 57.8 Å². The number of nitrogens with one attached hydrogen (secondary N) is 1. The fraction of sp³-hybridized carbons (Fsp3) is 0.361. The molecule has 242 valence electrons. The van der Waals surface area contributed by atoms with Crippen LogP contribution in [0.5, 0.6) is 0 Å². The number of anilines is 2. The Hall–Kier alpha value is -4.67. The van der Waals surface area contributed by atoms with Crippen molar-refractivity contribution in [2.75, 3.05) is 37.2 Å². The molecule has 2 heterocycles. The molecule has 0 saturated carbocycles. The van der Waals surface area contributed by atoms with Gasteiger partial charge in [0.2, 0.25) is 5.91 Å². The van der Waals surface area contributed by atoms with E-state index in [4.69, 9.17) is 18.9 Å². The van der Waals surface area contributed by atoms with Crippen LogP contribution in [0.2, 0.25) is 0 Å². The Morgan fingerprint density at radius 3 is 2.41 bits per heavy atom. The number of carbonyl (C=O) groups excluding carboxylic acids is 3. The fourth-order valence-electron chi connectivity index (χ4n) is 6.12. The van der Waals surface area contributed by atoms with Crippen LogP contribution >= 0.6 is 0 Å². The van der Waals surface area contributed by atoms with Crippen molar-refractivity contribution in [2.24, 2.45) is 0 Å². The Morgan fingerprint density at radius 1 is 0.957 bits per heavy atom. The smallest absolute Gasteiger partial charge is 0.413 e. The highest BCUT2D eigenvalue weighted by atomic mass is 16.7. The second-order valence-electron chi connectivity index (χ2n) is 12.3. The Balaban J connectivity index is 1.53. The molecule has 2 aliphatic heterocycles. The molecule has 1 N–H and O–H groups in total. The molecule has 0 saturated heterocycles. The molecule has 0 aliphatic carbocycles. The minimum absolute atomic E-state index is 0.0634. The van der Waals surface area contributed by atoms with Crippen molar-refractivity contribution >= 4 is 29.5 Å². The summed E-state index contributed by atoms with van der Waals surface area (Å²) in [6.45, 7) is 8.10. The monoisotopic (exact) mass is 627 g/mol. The first kappa shape index (κ1) is 32.7. The zero-order valence-corrected chi connectivity index (χ0v) is 26.9. The molecule has 2 aliphatic rings. The Bertz CT molecular complexity index is 1600. The van der Waals surface area contributed by atoms with Gasteiger partial charge in [0.15, 0.2) is 0 Å². The average molecular weight is 628 g/mol. The minimum atomic E-state index is -1.22. The Morgan fingerprint density at radius 2 is 1.67 bits per heavy atom. The molecule has 10 heteroatoms. The van der Waals surface area contributed by atoms with Crippen LogP contribution in [-0.2, 0) is 42.4 Å². The van der Waals surface area contributed by atoms with E-state index in [1.54, 1.807) is 64.1 Å². The van der Waals surface area contributed by atoms with E-state index in [0.717, 1.165) is 22.4 Å². The second-order valence-corrected chi connectivity index (χ2v) is 12.3. The van der Waals surface area contributed by atoms with Gasteiger partial charge in [-0.05, 0) is 62.6 Å². The largest absolute Gasteiger partial charge is 0.449 e. The van der Waals surface area contributed by atoms with Gasteiger partial charge in [-0.2, -0.15) is 0 Å². The number of rotatable bonds is 9. The van der Waals surface area contributed by atoms with Gasteiger partial charge in [0.1, 0.15) is 17.8 Å². The lowest BCUT2D eigenvalue weighted by molar-refractivity contribution is -0.122. The first-order valence-corrected chi connectivity index (χ1v) is 15.4. The van der Waals surface area contributed by atoms with Crippen molar-refractivity contribution in [1.82, 2.24) is 4.90 Å². The van der Waals surface area contributed by atoms with Crippen molar-refractivity contribution in [3.05, 3.63) is 107 Å². The van der Waals surface area contributed by atoms with Gasteiger partial charge in [-0.15, -0.1) is 0 Å². The van der Waals surface area contributed by atoms with E-state index in [9.17, 15) is 14.4 Å². The summed E-state index contributed by atoms with van der Waals surface area (Å²) in [6.07, 6.45) is 2.26. The first-order chi connectivity index (χ1) is 22.0. The van der Waals surface area contributed by atoms with E-state index in [0.29, 0.717) is 17.9 Å². The third-order valence-electron chi connectivity index (χ3n) is 8.02. The third-order valence-corrected chi connectivity index (χ3v) is 8.02. The van der Waals surface area contributed by atoms with Crippen LogP contribution in [0.4, 0.5) is 21.0 Å². The number of carbonyl (C=O) groups is 3. The molecule has 0 radical (unpaired) electrons. The number of benzene rings is 3. The maximum Gasteiger partial charge on any atom is 0.413 e. The van der Waals surface area contributed by atoms with Gasteiger partial charge in [0.25, 0.3) is 0 Å². The summed E-state index contributed by atoms with van der Waals surface area (Å²) >= 11 is 0. The van der Waals surface area contributed by atoms with Crippen molar-refractivity contribution < 1.29 is 33.3 Å². The highest BCUT2D eigenvalue weighted by molar-refractivity contribution is 6.11. The molecular formula is C36H41N3O7. The SMILES string of the molecule is CCOC(=O)N1C=CC2(C(=O)N(C)c3cccc(COCOCc4ccccc4)c32)C(c2ccccc2NC(=O)OC(C)(C)C)C1. The van der Waals surface area contributed by atoms with E-state index in [1.807, 2.05) is 60.7 Å². The van der Waals surface area contributed by atoms with E-state index < -0.39 is 29.1 Å². The van der Waals surface area contributed by atoms with Crippen LogP contribution in [0.3, 0.4) is 0 Å². The van der Waals surface area contributed by atoms with Crippen LogP contribution in [0.25, 0.3) is 0 Å². The van der Waals surface area contributed by atoms with Crippen molar-refractivity contribution in [3.63, 3.8) is 0 Å². The quantitative estimate of drug-likeness (QED) is 0.208. The van der Waals surface area contributed by atoms with Gasteiger partial charge in [-0.3, -0.25) is 15.0 Å². The maximum absolute atomic E-state index is 14.5. The van der Waals surface area contributed by atoms with E-state index >= 15 is 0 Å². The molecule has 5 rings (SSSR count). The molecule has 2 unspecified atom stereocenters. The number of fused-ring (bicyclic) bond motifs is 2. The molecule has 0 aromatic heterocycles. The lowest BCUT2D eigenvalue weighted by Gasteiger charge is -2.41. The number of hydrogen-bond acceptors (Lipinski definition) is 7. The van der Waals surface area contributed by atoms with Gasteiger partial charge >= 0.3 is 12.2 Å². The number of amides is 3. The Kier molecular flexibility index (Phi) is 9.79. The number of para-hydroxylation sites is 1. The topological polar surface area (TPSA) is 107 Å². The summed E-state index contributed by atoms with van der Waals surface area (Å²) in [4.78, 5) is 43.5. The minimum Gasteiger partial charge on any atom is -0.449 e. The normalized spacial score (nSPS) is 18.9. The highest BCUT2D eigenvalue weighted by Gasteiger charge is 2.57. The molecule has 0 fully saturated rings. The summed E-state index contributed by atoms with van der Waals surface area (Å²) < 4.78 is 22.6. The lowest BCUT2D eigenvalue weighted by atomic mass is 9.65. The van der Waals surface area contributed by atoms with Crippen molar-refractivity contribution in [1.29, 1.82) is 0 Å². The van der Waals surface area contributed by atoms with Crippen LogP contribution in [0, 0.1) is 0 Å². The zero-order chi connectivity index (χ0) is 32.9. The molecule has 46 heavy (non-hydrogen) atoms. The van der Waals surface area contributed by atoms with E-state index in [1.165, 1.54) is 4.90 Å². The molecule has 3 amide bonds. The summed E-state index contributed by atoms with van der Waals surface area (Å²) in [6, 6.07) is 22.9. The first-order valence-electron chi connectivity index (χ1n) is 15.4. The summed E-state index contributed by atoms with van der Waals surface area (Å²) in [5.41, 5.74) is 2.60. The van der Waals surface area contributed by atoms with Crippen molar-refractivity contribution in [3.8, 4) is 0 Å². The molecule has 3 aromatic rings. The summed E-state index contributed by atoms with van der Waals surface area (Å²) in [5, 5.41) is 2.88. The predicted molar refractivity (Wildman–Crippen MR) is 174 cm³/mol. The number of ether oxygens (including phenoxy) is 4. The predicted octanol–water partition coefficient (Wildman–Crippen LogP) is 6.71. The van der Waals surface area contributed by atoms with Gasteiger partial charge in [-0.1, -0.05) is 60.7 Å². The van der Waals surface area contributed by atoms with Crippen LogP contribution in [0.15, 0.2) is 85.1 Å². The van der Waals surface area contributed by atoms with Crippen LogP contribution < -0.4 is 10.2 Å². The summed E-state index contributed by atoms with van der Waals surface area (Å²) in [7, 11) is 1.75. The van der Waals surface area contributed by atoms with Gasteiger partial charge in [0, 0.05) is 42.6 Å². The molecule has 2 atom stereocenters. The van der Waals surface area contributed by atoms with Gasteiger partial charge in [0.05, 0.1) is 19.8 Å². The second kappa shape index (κ2) is 13.8. The molecule has 3 aromatic carbocycles. The van der Waals surface area contributed by atoms with Gasteiger partial charge in [-0.25, -0.2) is 9.59 Å². The molecule has 1 spiro atoms. The average Bonchev–Trinajstić information content (AvgIpc) is 3.24. The van der Waals surface area contributed by atoms with Gasteiger partial charge < -0.3 is 23.8 Å². The molecule has 0 bridgehead atoms. The number of hydrogen-bond donors (Lipinski definition) is 1. The molecular weight excluding hydrogens is 586 g/mol. The van der Waals surface area contributed by atoms with E-state index in [2.05, 4.69) is 5.32 Å². The third kappa shape index (κ3) is 6.78. The number of nitrogens with zero attached hydrogens (tertiary/aromatic N) is 2. The van der Waals surface area contributed by atoms with Crippen LogP contribution in [0.1, 0.15) is 55.9 Å².